The lowest BCUT2D eigenvalue weighted by Crippen LogP contribution is -2.52. The van der Waals surface area contributed by atoms with Crippen molar-refractivity contribution in [2.45, 2.75) is 32.6 Å². The summed E-state index contributed by atoms with van der Waals surface area (Å²) in [5, 5.41) is 8.97. The van der Waals surface area contributed by atoms with Gasteiger partial charge in [-0.05, 0) is 44.4 Å². The molecule has 0 spiro atoms. The van der Waals surface area contributed by atoms with Crippen LogP contribution in [0.3, 0.4) is 0 Å². The molecule has 1 saturated heterocycles. The number of hydrogen-bond donors (Lipinski definition) is 2. The van der Waals surface area contributed by atoms with Crippen molar-refractivity contribution in [1.82, 2.24) is 9.80 Å². The van der Waals surface area contributed by atoms with E-state index in [1.165, 1.54) is 24.0 Å². The van der Waals surface area contributed by atoms with Crippen molar-refractivity contribution in [1.29, 1.82) is 0 Å². The van der Waals surface area contributed by atoms with Crippen LogP contribution in [0, 0.1) is 11.8 Å². The fraction of sp³-hybridized carbons (Fsp3) is 0.650. The second-order valence-electron chi connectivity index (χ2n) is 8.11. The molecule has 0 bridgehead atoms. The summed E-state index contributed by atoms with van der Waals surface area (Å²) in [5.41, 5.74) is 11.6. The standard InChI is InChI=1S/C20H28N4O3/c1-12(13-2-3-13)10-22-16-9-14-8-15(14)18(16)19(21)20(27)24-6-4-23(5-7-24)17(26)11-25/h14-15,25H,2-11,21H2,1H3/b19-18-,22-16?. The molecule has 1 aliphatic heterocycles. The van der Waals surface area contributed by atoms with E-state index >= 15 is 0 Å². The van der Waals surface area contributed by atoms with Crippen molar-refractivity contribution in [2.24, 2.45) is 22.6 Å². The Bertz CT molecular complexity index is 753. The van der Waals surface area contributed by atoms with Gasteiger partial charge in [-0.1, -0.05) is 11.1 Å². The van der Waals surface area contributed by atoms with Gasteiger partial charge in [-0.25, -0.2) is 0 Å². The lowest BCUT2D eigenvalue weighted by molar-refractivity contribution is -0.139. The van der Waals surface area contributed by atoms with Crippen LogP contribution in [0.4, 0.5) is 0 Å². The number of aliphatic imine (C=N–C) groups is 1. The number of piperazine rings is 1. The van der Waals surface area contributed by atoms with Crippen molar-refractivity contribution >= 4 is 17.5 Å². The lowest BCUT2D eigenvalue weighted by atomic mass is 10.0. The van der Waals surface area contributed by atoms with Gasteiger partial charge in [0.25, 0.3) is 5.91 Å². The molecule has 7 nitrogen and oxygen atoms in total. The molecule has 2 amide bonds. The number of nitrogens with zero attached hydrogens (tertiary/aromatic N) is 3. The molecule has 4 aliphatic rings. The van der Waals surface area contributed by atoms with E-state index in [1.807, 2.05) is 0 Å². The van der Waals surface area contributed by atoms with Gasteiger partial charge in [-0.2, -0.15) is 0 Å². The average molecular weight is 372 g/mol. The predicted molar refractivity (Wildman–Crippen MR) is 102 cm³/mol. The largest absolute Gasteiger partial charge is 0.394 e. The lowest BCUT2D eigenvalue weighted by Gasteiger charge is -2.34. The molecule has 27 heavy (non-hydrogen) atoms. The first-order chi connectivity index (χ1) is 13.0. The molecule has 3 N–H and O–H groups in total. The summed E-state index contributed by atoms with van der Waals surface area (Å²) in [4.78, 5) is 32.6. The van der Waals surface area contributed by atoms with Gasteiger partial charge in [-0.15, -0.1) is 0 Å². The maximum atomic E-state index is 12.9. The Morgan fingerprint density at radius 1 is 1.19 bits per heavy atom. The average Bonchev–Trinajstić information content (AvgIpc) is 3.62. The predicted octanol–water partition coefficient (Wildman–Crippen LogP) is 0.453. The first kappa shape index (κ1) is 18.2. The Morgan fingerprint density at radius 3 is 2.48 bits per heavy atom. The highest BCUT2D eigenvalue weighted by Crippen LogP contribution is 2.54. The zero-order valence-electron chi connectivity index (χ0n) is 15.9. The number of amides is 2. The first-order valence-corrected chi connectivity index (χ1v) is 9.88. The van der Waals surface area contributed by atoms with Crippen LogP contribution >= 0.6 is 0 Å². The quantitative estimate of drug-likeness (QED) is 0.553. The van der Waals surface area contributed by atoms with Crippen LogP contribution < -0.4 is 5.73 Å². The smallest absolute Gasteiger partial charge is 0.270 e. The molecule has 3 saturated carbocycles. The van der Waals surface area contributed by atoms with E-state index in [-0.39, 0.29) is 11.8 Å². The Kier molecular flexibility index (Phi) is 4.80. The Hall–Kier alpha value is -2.15. The second kappa shape index (κ2) is 7.11. The summed E-state index contributed by atoms with van der Waals surface area (Å²) < 4.78 is 0. The number of nitrogens with two attached hydrogens (primary N) is 1. The molecule has 2 atom stereocenters. The number of carbonyl (C=O) groups is 2. The highest BCUT2D eigenvalue weighted by Gasteiger charge is 2.50. The van der Waals surface area contributed by atoms with Crippen LogP contribution in [0.1, 0.15) is 32.6 Å². The fourth-order valence-corrected chi connectivity index (χ4v) is 4.26. The van der Waals surface area contributed by atoms with E-state index in [1.54, 1.807) is 9.80 Å². The van der Waals surface area contributed by atoms with E-state index in [0.717, 1.165) is 30.7 Å². The van der Waals surface area contributed by atoms with E-state index in [9.17, 15) is 9.59 Å². The zero-order chi connectivity index (χ0) is 19.1. The van der Waals surface area contributed by atoms with Crippen molar-refractivity contribution in [3.63, 3.8) is 0 Å². The van der Waals surface area contributed by atoms with Gasteiger partial charge < -0.3 is 20.6 Å². The summed E-state index contributed by atoms with van der Waals surface area (Å²) in [6.07, 6.45) is 4.46. The summed E-state index contributed by atoms with van der Waals surface area (Å²) in [5.74, 6) is 0.579. The Morgan fingerprint density at radius 2 is 1.85 bits per heavy atom. The minimum absolute atomic E-state index is 0.140. The molecule has 0 aromatic heterocycles. The number of allylic oxidation sites excluding steroid dienone is 2. The van der Waals surface area contributed by atoms with Crippen LogP contribution in [-0.4, -0.2) is 71.8 Å². The molecule has 4 rings (SSSR count). The first-order valence-electron chi connectivity index (χ1n) is 9.88. The van der Waals surface area contributed by atoms with Crippen LogP contribution in [0.5, 0.6) is 0 Å². The molecule has 0 aromatic rings. The van der Waals surface area contributed by atoms with Crippen LogP contribution in [0.25, 0.3) is 0 Å². The molecule has 1 heterocycles. The van der Waals surface area contributed by atoms with Crippen LogP contribution in [0.15, 0.2) is 27.4 Å². The van der Waals surface area contributed by atoms with Crippen LogP contribution in [0.2, 0.25) is 0 Å². The summed E-state index contributed by atoms with van der Waals surface area (Å²) in [6.45, 7) is 4.15. The molecule has 0 aromatic carbocycles. The SMILES string of the molecule is CC(CN=C1CC2CC2/C1=C(/N)C(=O)N1CCN(C(=O)CO)CC1)=C1CC1. The van der Waals surface area contributed by atoms with Crippen LogP contribution in [-0.2, 0) is 9.59 Å². The van der Waals surface area contributed by atoms with E-state index < -0.39 is 6.61 Å². The topological polar surface area (TPSA) is 99.2 Å². The highest BCUT2D eigenvalue weighted by atomic mass is 16.3. The Labute approximate surface area is 159 Å². The second-order valence-corrected chi connectivity index (χ2v) is 8.11. The minimum Gasteiger partial charge on any atom is -0.394 e. The van der Waals surface area contributed by atoms with Crippen molar-refractivity contribution in [3.8, 4) is 0 Å². The van der Waals surface area contributed by atoms with Gasteiger partial charge in [0.15, 0.2) is 0 Å². The van der Waals surface area contributed by atoms with Gasteiger partial charge in [-0.3, -0.25) is 14.6 Å². The van der Waals surface area contributed by atoms with Gasteiger partial charge >= 0.3 is 0 Å². The summed E-state index contributed by atoms with van der Waals surface area (Å²) >= 11 is 0. The molecular formula is C20H28N4O3. The minimum atomic E-state index is -0.487. The molecule has 7 heteroatoms. The third-order valence-electron chi connectivity index (χ3n) is 6.25. The third kappa shape index (κ3) is 3.65. The zero-order valence-corrected chi connectivity index (χ0v) is 15.9. The van der Waals surface area contributed by atoms with Gasteiger partial charge in [0.1, 0.15) is 12.3 Å². The number of fused-ring (bicyclic) bond motifs is 1. The molecule has 4 fully saturated rings. The maximum absolute atomic E-state index is 12.9. The van der Waals surface area contributed by atoms with E-state index in [0.29, 0.717) is 43.7 Å². The van der Waals surface area contributed by atoms with Gasteiger partial charge in [0.2, 0.25) is 5.91 Å². The number of aliphatic hydroxyl groups excluding tert-OH is 1. The van der Waals surface area contributed by atoms with Crippen molar-refractivity contribution in [2.75, 3.05) is 39.3 Å². The third-order valence-corrected chi connectivity index (χ3v) is 6.25. The van der Waals surface area contributed by atoms with Crippen molar-refractivity contribution in [3.05, 3.63) is 22.4 Å². The fourth-order valence-electron chi connectivity index (χ4n) is 4.26. The van der Waals surface area contributed by atoms with E-state index in [4.69, 9.17) is 15.8 Å². The summed E-state index contributed by atoms with van der Waals surface area (Å²) in [6, 6.07) is 0. The Balaban J connectivity index is 1.46. The molecule has 2 unspecified atom stereocenters. The van der Waals surface area contributed by atoms with Gasteiger partial charge in [0, 0.05) is 37.5 Å². The van der Waals surface area contributed by atoms with E-state index in [2.05, 4.69) is 6.92 Å². The number of rotatable bonds is 4. The maximum Gasteiger partial charge on any atom is 0.270 e. The number of carbonyl (C=O) groups excluding carboxylic acids is 2. The number of aliphatic hydroxyl groups is 1. The molecule has 0 radical (unpaired) electrons. The number of hydrogen-bond acceptors (Lipinski definition) is 5. The van der Waals surface area contributed by atoms with Gasteiger partial charge in [0.05, 0.1) is 6.54 Å². The molecule has 146 valence electrons. The van der Waals surface area contributed by atoms with Crippen molar-refractivity contribution < 1.29 is 14.7 Å². The normalized spacial score (nSPS) is 29.7. The highest BCUT2D eigenvalue weighted by molar-refractivity contribution is 6.10. The summed E-state index contributed by atoms with van der Waals surface area (Å²) in [7, 11) is 0. The molecular weight excluding hydrogens is 344 g/mol. The molecule has 3 aliphatic carbocycles. The monoisotopic (exact) mass is 372 g/mol.